The summed E-state index contributed by atoms with van der Waals surface area (Å²) in [5.74, 6) is 1.32. The van der Waals surface area contributed by atoms with Crippen molar-refractivity contribution < 1.29 is 13.9 Å². The van der Waals surface area contributed by atoms with Crippen molar-refractivity contribution >= 4 is 17.7 Å². The highest BCUT2D eigenvalue weighted by Gasteiger charge is 2.63. The molecule has 7 rings (SSSR count). The maximum Gasteiger partial charge on any atom is 0.407 e. The molecular weight excluding hydrogens is 569 g/mol. The second kappa shape index (κ2) is 12.3. The molecule has 3 aromatic rings. The van der Waals surface area contributed by atoms with Crippen LogP contribution in [0.5, 0.6) is 0 Å². The number of ether oxygens (including phenoxy) is 1. The third-order valence-corrected chi connectivity index (χ3v) is 10.8. The van der Waals surface area contributed by atoms with E-state index in [2.05, 4.69) is 42.1 Å². The summed E-state index contributed by atoms with van der Waals surface area (Å²) >= 11 is 0. The minimum absolute atomic E-state index is 0.00966. The molecule has 3 saturated heterocycles. The molecule has 3 aliphatic heterocycles. The highest BCUT2D eigenvalue weighted by Crippen LogP contribution is 2.57. The van der Waals surface area contributed by atoms with Crippen molar-refractivity contribution in [2.24, 2.45) is 17.8 Å². The molecule has 0 bridgehead atoms. The molecule has 4 aliphatic rings. The average molecular weight is 610 g/mol. The molecule has 1 amide bonds. The maximum atomic E-state index is 15.0. The fourth-order valence-corrected chi connectivity index (χ4v) is 8.80. The van der Waals surface area contributed by atoms with E-state index in [9.17, 15) is 9.18 Å². The Morgan fingerprint density at radius 1 is 1.07 bits per heavy atom. The largest absolute Gasteiger partial charge is 0.446 e. The second-order valence-electron chi connectivity index (χ2n) is 13.1. The van der Waals surface area contributed by atoms with Crippen molar-refractivity contribution in [2.45, 2.75) is 43.2 Å². The van der Waals surface area contributed by atoms with Crippen LogP contribution in [0, 0.1) is 34.9 Å². The Balaban J connectivity index is 1.12. The summed E-state index contributed by atoms with van der Waals surface area (Å²) < 4.78 is 21.0. The van der Waals surface area contributed by atoms with Crippen LogP contribution in [-0.4, -0.2) is 79.4 Å². The number of likely N-dealkylation sites (tertiary alicyclic amines) is 1. The number of alkyl carbamates (subject to hydrolysis) is 1. The molecule has 9 nitrogen and oxygen atoms in total. The first-order chi connectivity index (χ1) is 22.0. The SMILES string of the molecule is CNC(=O)OC1CCC2[C@@H]1[C@](c1cccc(F)c1)(C1CCN(CC3CN(c4ccc(C#N)cc4)C3)CC1)CN2c1ncccn1. The third kappa shape index (κ3) is 5.48. The van der Waals surface area contributed by atoms with E-state index >= 15 is 0 Å². The Kier molecular flexibility index (Phi) is 8.04. The Morgan fingerprint density at radius 3 is 2.51 bits per heavy atom. The summed E-state index contributed by atoms with van der Waals surface area (Å²) in [6, 6.07) is 19.1. The van der Waals surface area contributed by atoms with Crippen LogP contribution in [0.15, 0.2) is 67.0 Å². The van der Waals surface area contributed by atoms with Gasteiger partial charge in [-0.15, -0.1) is 0 Å². The van der Waals surface area contributed by atoms with Gasteiger partial charge in [-0.2, -0.15) is 5.26 Å². The molecule has 1 aromatic heterocycles. The van der Waals surface area contributed by atoms with E-state index in [1.165, 1.54) is 11.8 Å². The minimum atomic E-state index is -0.423. The van der Waals surface area contributed by atoms with Gasteiger partial charge in [0.2, 0.25) is 5.95 Å². The van der Waals surface area contributed by atoms with Crippen LogP contribution in [-0.2, 0) is 10.2 Å². The molecule has 2 aromatic carbocycles. The lowest BCUT2D eigenvalue weighted by molar-refractivity contribution is 0.0250. The van der Waals surface area contributed by atoms with Crippen molar-refractivity contribution in [2.75, 3.05) is 56.1 Å². The first-order valence-corrected chi connectivity index (χ1v) is 16.1. The van der Waals surface area contributed by atoms with Crippen LogP contribution in [0.3, 0.4) is 0 Å². The number of anilines is 2. The van der Waals surface area contributed by atoms with Gasteiger partial charge >= 0.3 is 6.09 Å². The van der Waals surface area contributed by atoms with E-state index in [0.717, 1.165) is 64.0 Å². The van der Waals surface area contributed by atoms with Gasteiger partial charge < -0.3 is 24.8 Å². The molecule has 1 N–H and O–H groups in total. The number of hydrogen-bond acceptors (Lipinski definition) is 8. The quantitative estimate of drug-likeness (QED) is 0.415. The van der Waals surface area contributed by atoms with E-state index in [-0.39, 0.29) is 29.8 Å². The predicted molar refractivity (Wildman–Crippen MR) is 169 cm³/mol. The summed E-state index contributed by atoms with van der Waals surface area (Å²) in [6.45, 7) is 5.73. The number of carbonyl (C=O) groups is 1. The van der Waals surface area contributed by atoms with E-state index in [1.807, 2.05) is 36.4 Å². The number of rotatable bonds is 7. The number of carbonyl (C=O) groups excluding carboxylic acids is 1. The van der Waals surface area contributed by atoms with Crippen LogP contribution in [0.1, 0.15) is 36.8 Å². The predicted octanol–water partition coefficient (Wildman–Crippen LogP) is 4.60. The topological polar surface area (TPSA) is 97.6 Å². The summed E-state index contributed by atoms with van der Waals surface area (Å²) in [7, 11) is 1.59. The molecule has 234 valence electrons. The molecule has 0 spiro atoms. The molecule has 2 unspecified atom stereocenters. The number of benzene rings is 2. The molecular formula is C35H40FN7O2. The maximum absolute atomic E-state index is 15.0. The van der Waals surface area contributed by atoms with Crippen LogP contribution < -0.4 is 15.1 Å². The minimum Gasteiger partial charge on any atom is -0.446 e. The molecule has 45 heavy (non-hydrogen) atoms. The van der Waals surface area contributed by atoms with E-state index < -0.39 is 11.5 Å². The van der Waals surface area contributed by atoms with Crippen molar-refractivity contribution in [3.63, 3.8) is 0 Å². The summed E-state index contributed by atoms with van der Waals surface area (Å²) in [4.78, 5) is 29.1. The van der Waals surface area contributed by atoms with Crippen molar-refractivity contribution in [3.05, 3.63) is 83.9 Å². The zero-order chi connectivity index (χ0) is 31.0. The van der Waals surface area contributed by atoms with Crippen molar-refractivity contribution in [1.29, 1.82) is 5.26 Å². The van der Waals surface area contributed by atoms with Gasteiger partial charge in [0.15, 0.2) is 0 Å². The number of amides is 1. The number of nitrogens with zero attached hydrogens (tertiary/aromatic N) is 6. The highest BCUT2D eigenvalue weighted by atomic mass is 19.1. The van der Waals surface area contributed by atoms with Crippen molar-refractivity contribution in [1.82, 2.24) is 20.2 Å². The Bertz CT molecular complexity index is 1540. The van der Waals surface area contributed by atoms with Gasteiger partial charge in [0, 0.05) is 74.6 Å². The van der Waals surface area contributed by atoms with Gasteiger partial charge in [0.1, 0.15) is 11.9 Å². The Morgan fingerprint density at radius 2 is 1.82 bits per heavy atom. The standard InChI is InChI=1S/C35H40FN7O2/c1-38-34(44)45-31-11-10-30-32(31)35(27-4-2-5-28(36)18-27,23-43(30)33-39-14-3-15-40-33)26-12-16-41(17-13-26)20-25-21-42(22-25)29-8-6-24(19-37)7-9-29/h2-9,14-15,18,25-26,30-32H,10-13,16-17,20-23H2,1H3,(H,38,44)/t30?,31?,32-,35-/m0/s1. The first-order valence-electron chi connectivity index (χ1n) is 16.1. The lowest BCUT2D eigenvalue weighted by Gasteiger charge is -2.48. The number of fused-ring (bicyclic) bond motifs is 1. The van der Waals surface area contributed by atoms with Gasteiger partial charge in [-0.05, 0) is 92.7 Å². The fraction of sp³-hybridized carbons (Fsp3) is 0.486. The normalized spacial score (nSPS) is 27.1. The monoisotopic (exact) mass is 609 g/mol. The molecule has 4 atom stereocenters. The fourth-order valence-electron chi connectivity index (χ4n) is 8.80. The zero-order valence-electron chi connectivity index (χ0n) is 25.7. The molecule has 1 saturated carbocycles. The summed E-state index contributed by atoms with van der Waals surface area (Å²) in [5, 5.41) is 11.7. The lowest BCUT2D eigenvalue weighted by atomic mass is 9.60. The number of hydrogen-bond donors (Lipinski definition) is 1. The smallest absolute Gasteiger partial charge is 0.407 e. The number of piperidine rings is 1. The average Bonchev–Trinajstić information content (AvgIpc) is 3.63. The van der Waals surface area contributed by atoms with Crippen LogP contribution in [0.2, 0.25) is 0 Å². The van der Waals surface area contributed by atoms with Crippen LogP contribution in [0.4, 0.5) is 20.8 Å². The molecule has 1 aliphatic carbocycles. The van der Waals surface area contributed by atoms with Gasteiger partial charge in [-0.25, -0.2) is 19.2 Å². The Labute approximate surface area is 264 Å². The van der Waals surface area contributed by atoms with E-state index in [4.69, 9.17) is 10.00 Å². The zero-order valence-corrected chi connectivity index (χ0v) is 25.7. The number of halogens is 1. The summed E-state index contributed by atoms with van der Waals surface area (Å²) in [6.07, 6.45) is 6.42. The number of nitrogens with one attached hydrogen (secondary N) is 1. The van der Waals surface area contributed by atoms with Gasteiger partial charge in [-0.1, -0.05) is 12.1 Å². The number of nitriles is 1. The highest BCUT2D eigenvalue weighted by molar-refractivity contribution is 5.67. The van der Waals surface area contributed by atoms with Gasteiger partial charge in [0.05, 0.1) is 11.6 Å². The van der Waals surface area contributed by atoms with Gasteiger partial charge in [-0.3, -0.25) is 0 Å². The van der Waals surface area contributed by atoms with Crippen molar-refractivity contribution in [3.8, 4) is 6.07 Å². The van der Waals surface area contributed by atoms with E-state index in [0.29, 0.717) is 24.0 Å². The summed E-state index contributed by atoms with van der Waals surface area (Å²) in [5.41, 5.74) is 2.43. The van der Waals surface area contributed by atoms with E-state index in [1.54, 1.807) is 25.5 Å². The van der Waals surface area contributed by atoms with Crippen LogP contribution >= 0.6 is 0 Å². The molecule has 0 radical (unpaired) electrons. The number of aromatic nitrogens is 2. The third-order valence-electron chi connectivity index (χ3n) is 10.8. The van der Waals surface area contributed by atoms with Crippen LogP contribution in [0.25, 0.3) is 0 Å². The second-order valence-corrected chi connectivity index (χ2v) is 13.1. The first kappa shape index (κ1) is 29.5. The van der Waals surface area contributed by atoms with Gasteiger partial charge in [0.25, 0.3) is 0 Å². The molecule has 10 heteroatoms. The lowest BCUT2D eigenvalue weighted by Crippen LogP contribution is -2.54. The molecule has 4 heterocycles. The molecule has 4 fully saturated rings. The Hall–Kier alpha value is -4.23.